The Bertz CT molecular complexity index is 930. The summed E-state index contributed by atoms with van der Waals surface area (Å²) in [7, 11) is 0. The van der Waals surface area contributed by atoms with Gasteiger partial charge in [-0.2, -0.15) is 0 Å². The number of alkyl halides is 1. The van der Waals surface area contributed by atoms with E-state index in [1.54, 1.807) is 0 Å². The fraction of sp³-hybridized carbons (Fsp3) is 0.682. The lowest BCUT2D eigenvalue weighted by atomic mass is 9.83. The Hall–Kier alpha value is -1.58. The van der Waals surface area contributed by atoms with E-state index in [-0.39, 0.29) is 24.3 Å². The van der Waals surface area contributed by atoms with E-state index >= 15 is 0 Å². The van der Waals surface area contributed by atoms with Crippen molar-refractivity contribution >= 4 is 17.6 Å². The van der Waals surface area contributed by atoms with E-state index < -0.39 is 84.8 Å². The highest BCUT2D eigenvalue weighted by molar-refractivity contribution is 6.22. The fourth-order valence-corrected chi connectivity index (χ4v) is 5.81. The number of carbonyl (C=O) groups excluding carboxylic acids is 1. The van der Waals surface area contributed by atoms with Crippen LogP contribution >= 0.6 is 11.6 Å². The molecule has 0 aromatic heterocycles. The molecule has 35 heavy (non-hydrogen) atoms. The number of carbonyl (C=O) groups is 1. The summed E-state index contributed by atoms with van der Waals surface area (Å²) < 4.78 is 28.4. The molecule has 13 heteroatoms. The smallest absolute Gasteiger partial charge is 0.338 e. The van der Waals surface area contributed by atoms with Crippen molar-refractivity contribution in [2.75, 3.05) is 13.2 Å². The average Bonchev–Trinajstić information content (AvgIpc) is 2.95. The van der Waals surface area contributed by atoms with E-state index in [4.69, 9.17) is 35.3 Å². The number of phenolic OH excluding ortho intramolecular Hbond substituents is 1. The van der Waals surface area contributed by atoms with E-state index in [0.717, 1.165) is 0 Å². The molecule has 0 amide bonds. The van der Waals surface area contributed by atoms with E-state index in [1.807, 2.05) is 0 Å². The Morgan fingerprint density at radius 2 is 1.80 bits per heavy atom. The molecule has 4 bridgehead atoms. The van der Waals surface area contributed by atoms with Crippen LogP contribution in [0.25, 0.3) is 0 Å². The van der Waals surface area contributed by atoms with Crippen molar-refractivity contribution in [1.82, 2.24) is 0 Å². The zero-order valence-electron chi connectivity index (χ0n) is 18.3. The molecule has 6 N–H and O–H groups in total. The van der Waals surface area contributed by atoms with E-state index in [0.29, 0.717) is 0 Å². The lowest BCUT2D eigenvalue weighted by Crippen LogP contribution is -2.61. The number of fused-ring (bicyclic) bond motifs is 2. The number of aliphatic hydroxyl groups is 5. The predicted molar refractivity (Wildman–Crippen MR) is 113 cm³/mol. The normalized spacial score (nSPS) is 46.9. The van der Waals surface area contributed by atoms with Crippen LogP contribution in [0.5, 0.6) is 5.75 Å². The number of hydrogen-bond acceptors (Lipinski definition) is 12. The standard InChI is InChI=1S/C22H27ClO12/c23-18-17(34-19(29)8-1-3-9(25)4-2-8)10-5-12-31-7-22(18,30)13(10)20(33-12)35-21-16(28)15(27)14(26)11(6-24)32-21/h1-4,10-18,20-21,24-28,30H,5-7H2. The second-order valence-electron chi connectivity index (χ2n) is 9.31. The first kappa shape index (κ1) is 25.1. The van der Waals surface area contributed by atoms with Gasteiger partial charge in [0.15, 0.2) is 18.9 Å². The van der Waals surface area contributed by atoms with Crippen LogP contribution < -0.4 is 0 Å². The van der Waals surface area contributed by atoms with E-state index in [1.165, 1.54) is 24.3 Å². The second-order valence-corrected chi connectivity index (χ2v) is 9.78. The number of benzene rings is 1. The molecule has 4 saturated heterocycles. The zero-order chi connectivity index (χ0) is 25.1. The third-order valence-electron chi connectivity index (χ3n) is 7.23. The molecule has 12 atom stereocenters. The Morgan fingerprint density at radius 3 is 2.49 bits per heavy atom. The molecule has 1 saturated carbocycles. The van der Waals surface area contributed by atoms with Gasteiger partial charge in [-0.05, 0) is 24.3 Å². The molecular formula is C22H27ClO12. The zero-order valence-corrected chi connectivity index (χ0v) is 19.0. The van der Waals surface area contributed by atoms with Crippen LogP contribution in [0.15, 0.2) is 24.3 Å². The number of rotatable bonds is 5. The number of ether oxygens (including phenoxy) is 5. The molecule has 0 spiro atoms. The molecule has 1 aliphatic carbocycles. The number of halogens is 1. The Labute approximate surface area is 204 Å². The van der Waals surface area contributed by atoms with Gasteiger partial charge in [0.25, 0.3) is 0 Å². The average molecular weight is 519 g/mol. The number of hydrogen-bond donors (Lipinski definition) is 6. The summed E-state index contributed by atoms with van der Waals surface area (Å²) in [5.41, 5.74) is -1.56. The van der Waals surface area contributed by atoms with Crippen LogP contribution in [0, 0.1) is 11.8 Å². The van der Waals surface area contributed by atoms with Gasteiger partial charge in [-0.25, -0.2) is 4.79 Å². The van der Waals surface area contributed by atoms with Crippen LogP contribution in [0.1, 0.15) is 16.8 Å². The summed E-state index contributed by atoms with van der Waals surface area (Å²) >= 11 is 6.62. The van der Waals surface area contributed by atoms with Crippen molar-refractivity contribution < 1.29 is 59.1 Å². The Morgan fingerprint density at radius 1 is 1.09 bits per heavy atom. The van der Waals surface area contributed by atoms with Crippen LogP contribution in [0.3, 0.4) is 0 Å². The molecular weight excluding hydrogens is 492 g/mol. The van der Waals surface area contributed by atoms with Crippen molar-refractivity contribution in [1.29, 1.82) is 0 Å². The third-order valence-corrected chi connectivity index (χ3v) is 7.86. The van der Waals surface area contributed by atoms with Gasteiger partial charge in [0.05, 0.1) is 18.8 Å². The molecule has 4 aliphatic heterocycles. The second kappa shape index (κ2) is 9.38. The van der Waals surface area contributed by atoms with Gasteiger partial charge in [-0.15, -0.1) is 11.6 Å². The van der Waals surface area contributed by atoms with Crippen LogP contribution in [0.4, 0.5) is 0 Å². The highest BCUT2D eigenvalue weighted by Gasteiger charge is 2.68. The van der Waals surface area contributed by atoms with Gasteiger partial charge < -0.3 is 54.3 Å². The van der Waals surface area contributed by atoms with E-state index in [9.17, 15) is 35.4 Å². The van der Waals surface area contributed by atoms with Crippen LogP contribution in [-0.4, -0.2) is 110 Å². The number of esters is 1. The van der Waals surface area contributed by atoms with Gasteiger partial charge >= 0.3 is 5.97 Å². The molecule has 5 fully saturated rings. The van der Waals surface area contributed by atoms with Crippen molar-refractivity contribution in [3.8, 4) is 5.75 Å². The number of phenols is 1. The summed E-state index contributed by atoms with van der Waals surface area (Å²) in [4.78, 5) is 12.8. The van der Waals surface area contributed by atoms with Crippen LogP contribution in [0.2, 0.25) is 0 Å². The lowest BCUT2D eigenvalue weighted by molar-refractivity contribution is -0.370. The van der Waals surface area contributed by atoms with Gasteiger partial charge in [-0.3, -0.25) is 0 Å². The first-order valence-corrected chi connectivity index (χ1v) is 11.7. The van der Waals surface area contributed by atoms with Gasteiger partial charge in [0.1, 0.15) is 47.2 Å². The van der Waals surface area contributed by atoms with Gasteiger partial charge in [-0.1, -0.05) is 0 Å². The third kappa shape index (κ3) is 4.21. The lowest BCUT2D eigenvalue weighted by Gasteiger charge is -2.44. The quantitative estimate of drug-likeness (QED) is 0.194. The molecule has 12 unspecified atom stereocenters. The maximum atomic E-state index is 12.8. The van der Waals surface area contributed by atoms with Crippen molar-refractivity contribution in [3.05, 3.63) is 29.8 Å². The fourth-order valence-electron chi connectivity index (χ4n) is 5.37. The first-order valence-electron chi connectivity index (χ1n) is 11.2. The first-order chi connectivity index (χ1) is 16.6. The molecule has 4 heterocycles. The molecule has 1 aromatic rings. The summed E-state index contributed by atoms with van der Waals surface area (Å²) in [6.07, 6.45) is -10.4. The molecule has 0 radical (unpaired) electrons. The summed E-state index contributed by atoms with van der Waals surface area (Å²) in [6.45, 7) is -0.869. The van der Waals surface area contributed by atoms with Crippen molar-refractivity contribution in [2.45, 2.75) is 66.8 Å². The summed E-state index contributed by atoms with van der Waals surface area (Å²) in [5.74, 6) is -2.13. The minimum Gasteiger partial charge on any atom is -0.508 e. The monoisotopic (exact) mass is 518 g/mol. The van der Waals surface area contributed by atoms with Gasteiger partial charge in [0, 0.05) is 18.3 Å². The van der Waals surface area contributed by atoms with Gasteiger partial charge in [0.2, 0.25) is 0 Å². The predicted octanol–water partition coefficient (Wildman–Crippen LogP) is -1.58. The molecule has 194 valence electrons. The molecule has 6 rings (SSSR count). The molecule has 1 aromatic carbocycles. The highest BCUT2D eigenvalue weighted by atomic mass is 35.5. The molecule has 5 aliphatic rings. The van der Waals surface area contributed by atoms with E-state index in [2.05, 4.69) is 0 Å². The number of aliphatic hydroxyl groups excluding tert-OH is 4. The largest absolute Gasteiger partial charge is 0.508 e. The van der Waals surface area contributed by atoms with Crippen molar-refractivity contribution in [2.24, 2.45) is 11.8 Å². The minimum absolute atomic E-state index is 0.0147. The SMILES string of the molecule is O=C(OC1C2CC3OCC(O)(C1Cl)C2C(OC1OC(CO)C(O)C(O)C1O)O3)c1ccc(O)cc1. The molecule has 12 nitrogen and oxygen atoms in total. The minimum atomic E-state index is -1.74. The summed E-state index contributed by atoms with van der Waals surface area (Å²) in [6, 6.07) is 5.47. The number of aromatic hydroxyl groups is 1. The Balaban J connectivity index is 1.38. The van der Waals surface area contributed by atoms with Crippen molar-refractivity contribution in [3.63, 3.8) is 0 Å². The maximum Gasteiger partial charge on any atom is 0.338 e. The summed E-state index contributed by atoms with van der Waals surface area (Å²) in [5, 5.41) is 59.8. The highest BCUT2D eigenvalue weighted by Crippen LogP contribution is 2.55. The Kier molecular flexibility index (Phi) is 6.72. The topological polar surface area (TPSA) is 185 Å². The maximum absolute atomic E-state index is 12.8. The van der Waals surface area contributed by atoms with Crippen LogP contribution in [-0.2, 0) is 23.7 Å².